The van der Waals surface area contributed by atoms with Crippen LogP contribution in [0, 0.1) is 12.8 Å². The molecule has 3 rings (SSSR count). The zero-order chi connectivity index (χ0) is 19.6. The van der Waals surface area contributed by atoms with Crippen LogP contribution in [0.1, 0.15) is 46.4 Å². The summed E-state index contributed by atoms with van der Waals surface area (Å²) < 4.78 is 41.1. The third-order valence-corrected chi connectivity index (χ3v) is 5.19. The van der Waals surface area contributed by atoms with Gasteiger partial charge in [-0.05, 0) is 50.2 Å². The van der Waals surface area contributed by atoms with Gasteiger partial charge in [-0.3, -0.25) is 9.48 Å². The highest BCUT2D eigenvalue weighted by atomic mass is 19.4. The van der Waals surface area contributed by atoms with Crippen LogP contribution in [-0.2, 0) is 19.6 Å². The molecule has 1 amide bonds. The van der Waals surface area contributed by atoms with Gasteiger partial charge in [-0.2, -0.15) is 18.3 Å². The topological polar surface area (TPSA) is 38.1 Å². The summed E-state index contributed by atoms with van der Waals surface area (Å²) in [4.78, 5) is 14.6. The van der Waals surface area contributed by atoms with Crippen LogP contribution in [-0.4, -0.2) is 33.7 Å². The molecule has 1 aliphatic heterocycles. The summed E-state index contributed by atoms with van der Waals surface area (Å²) in [5.41, 5.74) is 1.07. The molecule has 0 bridgehead atoms. The monoisotopic (exact) mass is 379 g/mol. The van der Waals surface area contributed by atoms with Gasteiger partial charge >= 0.3 is 6.18 Å². The number of halogens is 3. The van der Waals surface area contributed by atoms with E-state index in [-0.39, 0.29) is 11.8 Å². The normalized spacial score (nSPS) is 18.0. The Morgan fingerprint density at radius 3 is 2.70 bits per heavy atom. The summed E-state index contributed by atoms with van der Waals surface area (Å²) >= 11 is 0. The van der Waals surface area contributed by atoms with Crippen LogP contribution in [0.15, 0.2) is 30.5 Å². The number of piperidine rings is 1. The van der Waals surface area contributed by atoms with Crippen molar-refractivity contribution in [1.82, 2.24) is 14.7 Å². The van der Waals surface area contributed by atoms with E-state index >= 15 is 0 Å². The number of alkyl halides is 3. The van der Waals surface area contributed by atoms with E-state index in [4.69, 9.17) is 0 Å². The molecule has 0 radical (unpaired) electrons. The van der Waals surface area contributed by atoms with Gasteiger partial charge in [0.05, 0.1) is 16.8 Å². The lowest BCUT2D eigenvalue weighted by Gasteiger charge is -2.33. The maximum absolute atomic E-state index is 13.1. The minimum Gasteiger partial charge on any atom is -0.338 e. The van der Waals surface area contributed by atoms with Gasteiger partial charge in [-0.25, -0.2) is 0 Å². The number of aryl methyl sites for hydroxylation is 3. The predicted molar refractivity (Wildman–Crippen MR) is 96.3 cm³/mol. The number of nitrogens with zero attached hydrogens (tertiary/aromatic N) is 3. The summed E-state index contributed by atoms with van der Waals surface area (Å²) in [6.07, 6.45) is 0.210. The van der Waals surface area contributed by atoms with Crippen molar-refractivity contribution in [1.29, 1.82) is 0 Å². The third kappa shape index (κ3) is 4.51. The first-order valence-corrected chi connectivity index (χ1v) is 9.20. The Kier molecular flexibility index (Phi) is 5.58. The fraction of sp³-hybridized carbons (Fsp3) is 0.500. The number of aromatic nitrogens is 2. The molecule has 0 aliphatic carbocycles. The van der Waals surface area contributed by atoms with Crippen molar-refractivity contribution in [3.8, 4) is 0 Å². The summed E-state index contributed by atoms with van der Waals surface area (Å²) in [7, 11) is 1.78. The Bertz CT molecular complexity index is 813. The van der Waals surface area contributed by atoms with Gasteiger partial charge in [-0.15, -0.1) is 0 Å². The van der Waals surface area contributed by atoms with E-state index < -0.39 is 11.7 Å². The van der Waals surface area contributed by atoms with Crippen LogP contribution in [0.3, 0.4) is 0 Å². The zero-order valence-corrected chi connectivity index (χ0v) is 15.6. The van der Waals surface area contributed by atoms with Gasteiger partial charge in [-0.1, -0.05) is 18.2 Å². The molecule has 4 nitrogen and oxygen atoms in total. The number of hydrogen-bond donors (Lipinski definition) is 0. The van der Waals surface area contributed by atoms with Crippen LogP contribution in [0.25, 0.3) is 0 Å². The van der Waals surface area contributed by atoms with E-state index in [0.29, 0.717) is 42.8 Å². The standard InChI is InChI=1S/C20H24F3N3O/c1-14-17(13-25(2)24-14)19(27)26-11-5-6-15(12-26)9-10-16-7-3-4-8-18(16)20(21,22)23/h3-4,7-8,13,15H,5-6,9-12H2,1-2H3/t15-/m1/s1. The number of likely N-dealkylation sites (tertiary alicyclic amines) is 1. The summed E-state index contributed by atoms with van der Waals surface area (Å²) in [5, 5.41) is 4.22. The number of amides is 1. The van der Waals surface area contributed by atoms with E-state index in [0.717, 1.165) is 18.9 Å². The molecular formula is C20H24F3N3O. The highest BCUT2D eigenvalue weighted by Gasteiger charge is 2.33. The third-order valence-electron chi connectivity index (χ3n) is 5.19. The average molecular weight is 379 g/mol. The maximum atomic E-state index is 13.1. The second-order valence-corrected chi connectivity index (χ2v) is 7.25. The number of carbonyl (C=O) groups is 1. The van der Waals surface area contributed by atoms with Gasteiger partial charge in [0.2, 0.25) is 0 Å². The lowest BCUT2D eigenvalue weighted by molar-refractivity contribution is -0.138. The fourth-order valence-corrected chi connectivity index (χ4v) is 3.84. The molecule has 0 saturated carbocycles. The first kappa shape index (κ1) is 19.5. The van der Waals surface area contributed by atoms with Crippen molar-refractivity contribution >= 4 is 5.91 Å². The number of rotatable bonds is 4. The van der Waals surface area contributed by atoms with Crippen LogP contribution in [0.2, 0.25) is 0 Å². The Labute approximate surface area is 157 Å². The molecule has 2 heterocycles. The van der Waals surface area contributed by atoms with Crippen molar-refractivity contribution < 1.29 is 18.0 Å². The van der Waals surface area contributed by atoms with E-state index in [1.165, 1.54) is 6.07 Å². The molecule has 1 fully saturated rings. The van der Waals surface area contributed by atoms with Crippen molar-refractivity contribution in [2.24, 2.45) is 13.0 Å². The molecule has 0 unspecified atom stereocenters. The van der Waals surface area contributed by atoms with Crippen molar-refractivity contribution in [2.45, 2.75) is 38.8 Å². The van der Waals surface area contributed by atoms with Crippen LogP contribution in [0.5, 0.6) is 0 Å². The Hall–Kier alpha value is -2.31. The van der Waals surface area contributed by atoms with E-state index in [2.05, 4.69) is 5.10 Å². The molecule has 1 aromatic heterocycles. The van der Waals surface area contributed by atoms with Crippen LogP contribution < -0.4 is 0 Å². The lowest BCUT2D eigenvalue weighted by atomic mass is 9.90. The molecular weight excluding hydrogens is 355 g/mol. The van der Waals surface area contributed by atoms with Crippen molar-refractivity contribution in [3.63, 3.8) is 0 Å². The number of benzene rings is 1. The molecule has 7 heteroatoms. The van der Waals surface area contributed by atoms with E-state index in [1.54, 1.807) is 30.1 Å². The summed E-state index contributed by atoms with van der Waals surface area (Å²) in [6, 6.07) is 5.75. The lowest BCUT2D eigenvalue weighted by Crippen LogP contribution is -2.40. The molecule has 146 valence electrons. The van der Waals surface area contributed by atoms with E-state index in [9.17, 15) is 18.0 Å². The highest BCUT2D eigenvalue weighted by Crippen LogP contribution is 2.33. The van der Waals surface area contributed by atoms with Gasteiger partial charge in [0.1, 0.15) is 0 Å². The number of carbonyl (C=O) groups excluding carboxylic acids is 1. The highest BCUT2D eigenvalue weighted by molar-refractivity contribution is 5.95. The molecule has 2 aromatic rings. The zero-order valence-electron chi connectivity index (χ0n) is 15.6. The van der Waals surface area contributed by atoms with E-state index in [1.807, 2.05) is 11.8 Å². The summed E-state index contributed by atoms with van der Waals surface area (Å²) in [6.45, 7) is 3.08. The average Bonchev–Trinajstić information content (AvgIpc) is 2.97. The van der Waals surface area contributed by atoms with Crippen molar-refractivity contribution in [3.05, 3.63) is 52.8 Å². The second kappa shape index (κ2) is 7.74. The second-order valence-electron chi connectivity index (χ2n) is 7.25. The maximum Gasteiger partial charge on any atom is 0.416 e. The molecule has 0 spiro atoms. The fourth-order valence-electron chi connectivity index (χ4n) is 3.84. The summed E-state index contributed by atoms with van der Waals surface area (Å²) in [5.74, 6) is 0.168. The largest absolute Gasteiger partial charge is 0.416 e. The van der Waals surface area contributed by atoms with Gasteiger partial charge < -0.3 is 4.90 Å². The molecule has 1 aliphatic rings. The molecule has 0 N–H and O–H groups in total. The molecule has 1 saturated heterocycles. The molecule has 1 aromatic carbocycles. The Balaban J connectivity index is 1.64. The van der Waals surface area contributed by atoms with Crippen LogP contribution >= 0.6 is 0 Å². The minimum atomic E-state index is -4.33. The van der Waals surface area contributed by atoms with Gasteiger partial charge in [0.15, 0.2) is 0 Å². The first-order chi connectivity index (χ1) is 12.8. The van der Waals surface area contributed by atoms with Gasteiger partial charge in [0.25, 0.3) is 5.91 Å². The number of hydrogen-bond acceptors (Lipinski definition) is 2. The SMILES string of the molecule is Cc1nn(C)cc1C(=O)N1CCC[C@H](CCc2ccccc2C(F)(F)F)C1. The molecule has 27 heavy (non-hydrogen) atoms. The van der Waals surface area contributed by atoms with Crippen molar-refractivity contribution in [2.75, 3.05) is 13.1 Å². The Morgan fingerprint density at radius 2 is 2.04 bits per heavy atom. The molecule has 1 atom stereocenters. The predicted octanol–water partition coefficient (Wildman–Crippen LogP) is 4.23. The minimum absolute atomic E-state index is 0.0407. The Morgan fingerprint density at radius 1 is 1.30 bits per heavy atom. The quantitative estimate of drug-likeness (QED) is 0.797. The smallest absolute Gasteiger partial charge is 0.338 e. The van der Waals surface area contributed by atoms with Gasteiger partial charge in [0, 0.05) is 26.3 Å². The van der Waals surface area contributed by atoms with Crippen LogP contribution in [0.4, 0.5) is 13.2 Å². The first-order valence-electron chi connectivity index (χ1n) is 9.20.